The lowest BCUT2D eigenvalue weighted by molar-refractivity contribution is 0.110. The number of rotatable bonds is 14. The highest BCUT2D eigenvalue weighted by Crippen LogP contribution is 2.30. The van der Waals surface area contributed by atoms with E-state index in [1.54, 1.807) is 0 Å². The first-order valence-electron chi connectivity index (χ1n) is 10.7. The Morgan fingerprint density at radius 1 is 0.581 bits per heavy atom. The molecule has 6 nitrogen and oxygen atoms in total. The average molecular weight is 429 g/mol. The van der Waals surface area contributed by atoms with Crippen LogP contribution < -0.4 is 18.8 Å². The van der Waals surface area contributed by atoms with Gasteiger partial charge in [-0.25, -0.2) is 0 Å². The zero-order chi connectivity index (χ0) is 22.6. The lowest BCUT2D eigenvalue weighted by Gasteiger charge is -2.17. The van der Waals surface area contributed by atoms with Crippen LogP contribution in [0.4, 0.5) is 0 Å². The Bertz CT molecular complexity index is 710. The highest BCUT2D eigenvalue weighted by molar-refractivity contribution is 6.21. The molecule has 0 aliphatic heterocycles. The molecule has 169 valence electrons. The highest BCUT2D eigenvalue weighted by Gasteiger charge is 2.13. The Labute approximate surface area is 187 Å². The van der Waals surface area contributed by atoms with Crippen molar-refractivity contribution in [3.05, 3.63) is 46.5 Å². The van der Waals surface area contributed by atoms with Crippen molar-refractivity contribution < 1.29 is 28.3 Å². The number of ether oxygens (including phenoxy) is 4. The van der Waals surface area contributed by atoms with E-state index in [1.165, 1.54) is 7.69 Å². The molecule has 31 heavy (non-hydrogen) atoms. The van der Waals surface area contributed by atoms with Gasteiger partial charge in [-0.2, -0.15) is 0 Å². The summed E-state index contributed by atoms with van der Waals surface area (Å²) in [4.78, 5) is 0. The van der Waals surface area contributed by atoms with Crippen molar-refractivity contribution in [1.29, 1.82) is 0 Å². The molecule has 2 aromatic rings. The number of hydrogen-bond acceptors (Lipinski definition) is 6. The van der Waals surface area contributed by atoms with Crippen LogP contribution >= 0.6 is 0 Å². The van der Waals surface area contributed by atoms with Gasteiger partial charge in [0.25, 0.3) is 0 Å². The summed E-state index contributed by atoms with van der Waals surface area (Å²) in [5, 5.41) is 0. The lowest BCUT2D eigenvalue weighted by Crippen LogP contribution is -2.14. The first-order chi connectivity index (χ1) is 15.0. The molecule has 2 aromatic carbocycles. The quantitative estimate of drug-likeness (QED) is 0.319. The van der Waals surface area contributed by atoms with Gasteiger partial charge in [-0.3, -0.25) is 0 Å². The summed E-state index contributed by atoms with van der Waals surface area (Å²) in [6.07, 6.45) is 0. The van der Waals surface area contributed by atoms with Gasteiger partial charge < -0.3 is 28.3 Å². The minimum atomic E-state index is 0.520. The van der Waals surface area contributed by atoms with Gasteiger partial charge in [-0.1, -0.05) is 0 Å². The van der Waals surface area contributed by atoms with Gasteiger partial charge in [-0.15, -0.1) is 0 Å². The minimum Gasteiger partial charge on any atom is -0.526 e. The van der Waals surface area contributed by atoms with Crippen molar-refractivity contribution >= 4 is 7.69 Å². The van der Waals surface area contributed by atoms with Crippen LogP contribution in [0.5, 0.6) is 23.0 Å². The summed E-state index contributed by atoms with van der Waals surface area (Å²) in [5.74, 6) is 3.11. The molecule has 0 aliphatic carbocycles. The molecule has 0 fully saturated rings. The molecule has 0 saturated heterocycles. The Morgan fingerprint density at radius 2 is 0.935 bits per heavy atom. The fourth-order valence-electron chi connectivity index (χ4n) is 3.21. The molecule has 0 heterocycles. The van der Waals surface area contributed by atoms with Crippen LogP contribution in [-0.4, -0.2) is 47.3 Å². The van der Waals surface area contributed by atoms with Gasteiger partial charge in [0, 0.05) is 13.2 Å². The van der Waals surface area contributed by atoms with E-state index in [-0.39, 0.29) is 0 Å². The molecule has 0 saturated carbocycles. The van der Waals surface area contributed by atoms with E-state index in [1.807, 2.05) is 65.8 Å². The maximum absolute atomic E-state index is 5.83. The molecular weight excluding hydrogens is 395 g/mol. The first-order valence-corrected chi connectivity index (χ1v) is 10.7. The van der Waals surface area contributed by atoms with E-state index in [4.69, 9.17) is 28.3 Å². The molecule has 0 amide bonds. The van der Waals surface area contributed by atoms with Gasteiger partial charge in [0.2, 0.25) is 0 Å². The topological polar surface area (TPSA) is 55.4 Å². The minimum absolute atomic E-state index is 0.520. The third-order valence-electron chi connectivity index (χ3n) is 4.60. The van der Waals surface area contributed by atoms with Crippen molar-refractivity contribution in [2.24, 2.45) is 0 Å². The van der Waals surface area contributed by atoms with Gasteiger partial charge in [0.1, 0.15) is 36.2 Å². The van der Waals surface area contributed by atoms with Crippen molar-refractivity contribution in [3.63, 3.8) is 0 Å². The smallest absolute Gasteiger partial charge is 0.526 e. The second-order valence-corrected chi connectivity index (χ2v) is 7.20. The van der Waals surface area contributed by atoms with Crippen LogP contribution in [0.15, 0.2) is 24.3 Å². The number of benzene rings is 2. The summed E-state index contributed by atoms with van der Waals surface area (Å²) >= 11 is 0. The Kier molecular flexibility index (Phi) is 10.5. The van der Waals surface area contributed by atoms with Crippen LogP contribution in [0.3, 0.4) is 0 Å². The Morgan fingerprint density at radius 3 is 1.26 bits per heavy atom. The molecule has 0 aliphatic rings. The molecule has 0 bridgehead atoms. The predicted molar refractivity (Wildman–Crippen MR) is 123 cm³/mol. The first kappa shape index (κ1) is 24.9. The van der Waals surface area contributed by atoms with Crippen molar-refractivity contribution in [1.82, 2.24) is 0 Å². The number of hydrogen-bond donors (Lipinski definition) is 0. The third kappa shape index (κ3) is 8.00. The van der Waals surface area contributed by atoms with E-state index in [0.717, 1.165) is 45.3 Å². The zero-order valence-electron chi connectivity index (χ0n) is 19.6. The normalized spacial score (nSPS) is 10.6. The van der Waals surface area contributed by atoms with Crippen LogP contribution in [0.25, 0.3) is 0 Å². The van der Waals surface area contributed by atoms with Crippen LogP contribution in [0.1, 0.15) is 36.1 Å². The summed E-state index contributed by atoms with van der Waals surface area (Å²) in [6.45, 7) is 15.4. The summed E-state index contributed by atoms with van der Waals surface area (Å²) in [6, 6.07) is 7.81. The molecule has 0 atom stereocenters. The molecule has 0 spiro atoms. The maximum Gasteiger partial charge on any atom is 0.658 e. The van der Waals surface area contributed by atoms with Crippen LogP contribution in [0, 0.1) is 27.7 Å². The molecule has 2 rings (SSSR count). The highest BCUT2D eigenvalue weighted by atomic mass is 16.6. The number of aryl methyl sites for hydroxylation is 4. The molecule has 7 heteroatoms. The van der Waals surface area contributed by atoms with Gasteiger partial charge >= 0.3 is 7.69 Å². The summed E-state index contributed by atoms with van der Waals surface area (Å²) < 4.78 is 33.7. The molecule has 0 unspecified atom stereocenters. The summed E-state index contributed by atoms with van der Waals surface area (Å²) in [7, 11) is 1.37. The predicted octanol–water partition coefficient (Wildman–Crippen LogP) is 4.74. The SMILES string of the molecule is CCOCCOc1cc(C)c(O[B]Oc2c(C)cc(OCCOCC)cc2C)c(C)c1. The van der Waals surface area contributed by atoms with E-state index in [9.17, 15) is 0 Å². The second-order valence-electron chi connectivity index (χ2n) is 7.20. The Balaban J connectivity index is 1.92. The van der Waals surface area contributed by atoms with E-state index < -0.39 is 0 Å². The zero-order valence-corrected chi connectivity index (χ0v) is 19.6. The van der Waals surface area contributed by atoms with E-state index >= 15 is 0 Å². The monoisotopic (exact) mass is 429 g/mol. The van der Waals surface area contributed by atoms with Gasteiger partial charge in [0.05, 0.1) is 13.2 Å². The molecule has 0 aromatic heterocycles. The fourth-order valence-corrected chi connectivity index (χ4v) is 3.21. The van der Waals surface area contributed by atoms with E-state index in [2.05, 4.69) is 0 Å². The Hall–Kier alpha value is -2.38. The fraction of sp³-hybridized carbons (Fsp3) is 0.500. The second kappa shape index (κ2) is 13.1. The average Bonchev–Trinajstić information content (AvgIpc) is 2.72. The van der Waals surface area contributed by atoms with Crippen LogP contribution in [0.2, 0.25) is 0 Å². The molecular formula is C24H34BO6. The van der Waals surface area contributed by atoms with Gasteiger partial charge in [0.15, 0.2) is 0 Å². The molecule has 1 radical (unpaired) electrons. The standard InChI is InChI=1S/C24H34BO6/c1-7-26-9-11-28-21-13-17(3)23(18(4)14-21)30-25-31-24-19(5)15-22(16-20(24)6)29-12-10-27-8-2/h13-16H,7-12H2,1-6H3. The molecule has 0 N–H and O–H groups in total. The lowest BCUT2D eigenvalue weighted by atomic mass is 10.1. The van der Waals surface area contributed by atoms with Gasteiger partial charge in [-0.05, 0) is 88.1 Å². The van der Waals surface area contributed by atoms with E-state index in [0.29, 0.717) is 39.6 Å². The van der Waals surface area contributed by atoms with Crippen molar-refractivity contribution in [3.8, 4) is 23.0 Å². The van der Waals surface area contributed by atoms with Crippen LogP contribution in [-0.2, 0) is 9.47 Å². The van der Waals surface area contributed by atoms with Crippen molar-refractivity contribution in [2.75, 3.05) is 39.6 Å². The maximum atomic E-state index is 5.83. The van der Waals surface area contributed by atoms with Crippen molar-refractivity contribution in [2.45, 2.75) is 41.5 Å². The third-order valence-corrected chi connectivity index (χ3v) is 4.60. The largest absolute Gasteiger partial charge is 0.658 e. The summed E-state index contributed by atoms with van der Waals surface area (Å²) in [5.41, 5.74) is 3.88.